The Morgan fingerprint density at radius 3 is 2.64 bits per heavy atom. The Labute approximate surface area is 147 Å². The van der Waals surface area contributed by atoms with Crippen molar-refractivity contribution in [3.63, 3.8) is 0 Å². The third-order valence-electron chi connectivity index (χ3n) is 4.46. The van der Waals surface area contributed by atoms with E-state index in [1.807, 2.05) is 19.1 Å². The lowest BCUT2D eigenvalue weighted by Crippen LogP contribution is -2.39. The van der Waals surface area contributed by atoms with Gasteiger partial charge in [-0.25, -0.2) is 14.4 Å². The second-order valence-corrected chi connectivity index (χ2v) is 6.62. The minimum atomic E-state index is -0.461. The van der Waals surface area contributed by atoms with Gasteiger partial charge in [-0.05, 0) is 36.1 Å². The smallest absolute Gasteiger partial charge is 0.254 e. The molecule has 0 saturated carbocycles. The molecule has 4 nitrogen and oxygen atoms in total. The third kappa shape index (κ3) is 3.60. The molecule has 0 radical (unpaired) electrons. The summed E-state index contributed by atoms with van der Waals surface area (Å²) in [6.45, 7) is 6.71. The summed E-state index contributed by atoms with van der Waals surface area (Å²) in [5.74, 6) is 0.0956. The maximum Gasteiger partial charge on any atom is 0.254 e. The molecule has 2 aromatic rings. The van der Waals surface area contributed by atoms with E-state index in [1.54, 1.807) is 23.4 Å². The molecule has 1 aromatic carbocycles. The van der Waals surface area contributed by atoms with Crippen LogP contribution in [0, 0.1) is 11.7 Å². The number of rotatable bonds is 4. The first-order chi connectivity index (χ1) is 12.0. The number of benzene rings is 1. The van der Waals surface area contributed by atoms with E-state index in [0.717, 1.165) is 12.0 Å². The lowest BCUT2D eigenvalue weighted by molar-refractivity contribution is 0.0720. The van der Waals surface area contributed by atoms with Gasteiger partial charge in [0.25, 0.3) is 5.91 Å². The molecule has 1 aliphatic heterocycles. The van der Waals surface area contributed by atoms with Crippen molar-refractivity contribution in [2.45, 2.75) is 33.2 Å². The zero-order valence-corrected chi connectivity index (χ0v) is 14.7. The van der Waals surface area contributed by atoms with Crippen LogP contribution in [-0.4, -0.2) is 33.4 Å². The fraction of sp³-hybridized carbons (Fsp3) is 0.350. The fourth-order valence-corrected chi connectivity index (χ4v) is 3.03. The van der Waals surface area contributed by atoms with Gasteiger partial charge in [-0.15, -0.1) is 0 Å². The quantitative estimate of drug-likeness (QED) is 0.794. The Morgan fingerprint density at radius 1 is 1.28 bits per heavy atom. The zero-order valence-electron chi connectivity index (χ0n) is 14.7. The van der Waals surface area contributed by atoms with Crippen LogP contribution in [0.1, 0.15) is 36.7 Å². The summed E-state index contributed by atoms with van der Waals surface area (Å²) in [5.41, 5.74) is 1.85. The van der Waals surface area contributed by atoms with Gasteiger partial charge in [-0.2, -0.15) is 0 Å². The normalized spacial score (nSPS) is 16.7. The van der Waals surface area contributed by atoms with Gasteiger partial charge >= 0.3 is 0 Å². The second-order valence-electron chi connectivity index (χ2n) is 6.62. The lowest BCUT2D eigenvalue weighted by atomic mass is 10.0. The highest BCUT2D eigenvalue weighted by atomic mass is 19.1. The van der Waals surface area contributed by atoms with E-state index < -0.39 is 5.82 Å². The van der Waals surface area contributed by atoms with Crippen molar-refractivity contribution in [1.82, 2.24) is 14.9 Å². The van der Waals surface area contributed by atoms with E-state index in [-0.39, 0.29) is 11.9 Å². The number of carbonyl (C=O) groups is 1. The average Bonchev–Trinajstić information content (AvgIpc) is 3.10. The highest BCUT2D eigenvalue weighted by Gasteiger charge is 2.28. The molecular formula is C20H22FN3O. The Hall–Kier alpha value is -2.56. The van der Waals surface area contributed by atoms with Crippen molar-refractivity contribution in [2.24, 2.45) is 5.92 Å². The van der Waals surface area contributed by atoms with Crippen molar-refractivity contribution in [2.75, 3.05) is 6.54 Å². The number of amides is 1. The molecule has 0 aliphatic carbocycles. The second kappa shape index (κ2) is 7.13. The molecule has 1 atom stereocenters. The van der Waals surface area contributed by atoms with Crippen LogP contribution in [0.2, 0.25) is 0 Å². The van der Waals surface area contributed by atoms with Crippen LogP contribution in [0.25, 0.3) is 11.4 Å². The van der Waals surface area contributed by atoms with Crippen LogP contribution in [0.5, 0.6) is 0 Å². The Kier molecular flexibility index (Phi) is 4.93. The summed E-state index contributed by atoms with van der Waals surface area (Å²) in [4.78, 5) is 23.2. The maximum absolute atomic E-state index is 14.1. The summed E-state index contributed by atoms with van der Waals surface area (Å²) in [5, 5.41) is 0. The highest BCUT2D eigenvalue weighted by molar-refractivity contribution is 5.96. The number of aromatic nitrogens is 2. The molecule has 5 heteroatoms. The van der Waals surface area contributed by atoms with Crippen molar-refractivity contribution >= 4 is 5.91 Å². The molecular weight excluding hydrogens is 317 g/mol. The molecule has 0 bridgehead atoms. The van der Waals surface area contributed by atoms with Crippen LogP contribution < -0.4 is 0 Å². The van der Waals surface area contributed by atoms with Crippen molar-refractivity contribution < 1.29 is 9.18 Å². The van der Waals surface area contributed by atoms with Gasteiger partial charge in [0.1, 0.15) is 5.82 Å². The third-order valence-corrected chi connectivity index (χ3v) is 4.46. The van der Waals surface area contributed by atoms with E-state index in [9.17, 15) is 9.18 Å². The number of aryl methyl sites for hydroxylation is 1. The molecule has 1 amide bonds. The number of carbonyl (C=O) groups excluding carboxylic acids is 1. The monoisotopic (exact) mass is 339 g/mol. The van der Waals surface area contributed by atoms with Crippen molar-refractivity contribution in [3.05, 3.63) is 59.7 Å². The largest absolute Gasteiger partial charge is 0.328 e. The van der Waals surface area contributed by atoms with Gasteiger partial charge in [0.15, 0.2) is 5.82 Å². The molecule has 0 fully saturated rings. The molecule has 0 N–H and O–H groups in total. The number of hydrogen-bond donors (Lipinski definition) is 0. The predicted octanol–water partition coefficient (Wildman–Crippen LogP) is 3.88. The molecule has 1 aromatic heterocycles. The van der Waals surface area contributed by atoms with Gasteiger partial charge in [0.05, 0.1) is 6.04 Å². The highest BCUT2D eigenvalue weighted by Crippen LogP contribution is 2.24. The Balaban J connectivity index is 1.92. The van der Waals surface area contributed by atoms with Gasteiger partial charge in [0, 0.05) is 30.1 Å². The predicted molar refractivity (Wildman–Crippen MR) is 95.6 cm³/mol. The Morgan fingerprint density at radius 2 is 2.00 bits per heavy atom. The molecule has 3 rings (SSSR count). The molecule has 0 saturated heterocycles. The topological polar surface area (TPSA) is 46.1 Å². The van der Waals surface area contributed by atoms with Gasteiger partial charge in [-0.1, -0.05) is 32.9 Å². The molecule has 2 heterocycles. The van der Waals surface area contributed by atoms with Crippen LogP contribution in [0.15, 0.2) is 42.7 Å². The zero-order chi connectivity index (χ0) is 18.0. The van der Waals surface area contributed by atoms with Gasteiger partial charge < -0.3 is 4.90 Å². The van der Waals surface area contributed by atoms with Crippen molar-refractivity contribution in [3.8, 4) is 11.4 Å². The van der Waals surface area contributed by atoms with E-state index in [2.05, 4.69) is 23.8 Å². The first-order valence-electron chi connectivity index (χ1n) is 8.59. The number of nitrogens with zero attached hydrogens (tertiary/aromatic N) is 3. The summed E-state index contributed by atoms with van der Waals surface area (Å²) in [6, 6.07) is 4.35. The standard InChI is InChI=1S/C20H22FN3O/c1-4-14-11-22-19(23-12-14)15-8-16(10-17(21)9-15)20(25)24-7-5-6-18(24)13(2)3/h5-6,8-13,18H,4,7H2,1-3H3. The summed E-state index contributed by atoms with van der Waals surface area (Å²) in [6.07, 6.45) is 8.32. The molecule has 25 heavy (non-hydrogen) atoms. The molecule has 130 valence electrons. The van der Waals surface area contributed by atoms with E-state index in [1.165, 1.54) is 12.1 Å². The first kappa shape index (κ1) is 17.3. The average molecular weight is 339 g/mol. The van der Waals surface area contributed by atoms with Gasteiger partial charge in [0.2, 0.25) is 0 Å². The SMILES string of the molecule is CCc1cnc(-c2cc(F)cc(C(=O)N3CC=CC3C(C)C)c2)nc1. The van der Waals surface area contributed by atoms with E-state index >= 15 is 0 Å². The van der Waals surface area contributed by atoms with Crippen LogP contribution in [0.4, 0.5) is 4.39 Å². The maximum atomic E-state index is 14.1. The molecule has 1 aliphatic rings. The number of halogens is 1. The first-order valence-corrected chi connectivity index (χ1v) is 8.59. The Bertz CT molecular complexity index is 799. The van der Waals surface area contributed by atoms with E-state index in [4.69, 9.17) is 0 Å². The van der Waals surface area contributed by atoms with Crippen LogP contribution >= 0.6 is 0 Å². The van der Waals surface area contributed by atoms with E-state index in [0.29, 0.717) is 29.4 Å². The van der Waals surface area contributed by atoms with Crippen LogP contribution in [0.3, 0.4) is 0 Å². The van der Waals surface area contributed by atoms with Crippen LogP contribution in [-0.2, 0) is 6.42 Å². The molecule has 1 unspecified atom stereocenters. The minimum Gasteiger partial charge on any atom is -0.328 e. The lowest BCUT2D eigenvalue weighted by Gasteiger charge is -2.27. The fourth-order valence-electron chi connectivity index (χ4n) is 3.03. The summed E-state index contributed by atoms with van der Waals surface area (Å²) >= 11 is 0. The number of hydrogen-bond acceptors (Lipinski definition) is 3. The summed E-state index contributed by atoms with van der Waals surface area (Å²) < 4.78 is 14.1. The van der Waals surface area contributed by atoms with Gasteiger partial charge in [-0.3, -0.25) is 4.79 Å². The molecule has 0 spiro atoms. The summed E-state index contributed by atoms with van der Waals surface area (Å²) in [7, 11) is 0. The van der Waals surface area contributed by atoms with Crippen molar-refractivity contribution in [1.29, 1.82) is 0 Å². The minimum absolute atomic E-state index is 0.0410.